The molecule has 31 heavy (non-hydrogen) atoms. The molecule has 1 spiro atoms. The summed E-state index contributed by atoms with van der Waals surface area (Å²) in [6.45, 7) is 10.6. The van der Waals surface area contributed by atoms with Crippen LogP contribution < -0.4 is 9.47 Å². The van der Waals surface area contributed by atoms with Gasteiger partial charge in [0.05, 0.1) is 0 Å². The van der Waals surface area contributed by atoms with E-state index in [4.69, 9.17) is 15.9 Å². The van der Waals surface area contributed by atoms with Crippen molar-refractivity contribution in [2.75, 3.05) is 32.8 Å². The monoisotopic (exact) mass is 440 g/mol. The molecule has 1 fully saturated rings. The number of hydrogen-bond acceptors (Lipinski definition) is 4. The zero-order valence-electron chi connectivity index (χ0n) is 18.6. The van der Waals surface area contributed by atoms with Gasteiger partial charge >= 0.3 is 0 Å². The summed E-state index contributed by atoms with van der Waals surface area (Å²) in [5, 5.41) is 0. The van der Waals surface area contributed by atoms with Crippen LogP contribution in [-0.4, -0.2) is 48.2 Å². The molecule has 0 radical (unpaired) electrons. The summed E-state index contributed by atoms with van der Waals surface area (Å²) in [6, 6.07) is 14.8. The lowest BCUT2D eigenvalue weighted by molar-refractivity contribution is -0.0187. The Kier molecular flexibility index (Phi) is 7.89. The fourth-order valence-corrected chi connectivity index (χ4v) is 4.69. The SMILES string of the molecule is C#CCOc1ccccc1CN1Cc2cc(C)ccc2OC2(CCN(CC)CC2)C1.Cl. The molecule has 2 aliphatic heterocycles. The maximum Gasteiger partial charge on any atom is 0.148 e. The number of para-hydroxylation sites is 1. The maximum atomic E-state index is 6.77. The molecule has 4 rings (SSSR count). The lowest BCUT2D eigenvalue weighted by atomic mass is 9.90. The molecule has 4 nitrogen and oxygen atoms in total. The highest BCUT2D eigenvalue weighted by atomic mass is 35.5. The molecule has 1 saturated heterocycles. The van der Waals surface area contributed by atoms with E-state index in [0.29, 0.717) is 6.61 Å². The quantitative estimate of drug-likeness (QED) is 0.630. The number of terminal acetylenes is 1. The van der Waals surface area contributed by atoms with Crippen molar-refractivity contribution in [3.8, 4) is 23.8 Å². The highest BCUT2D eigenvalue weighted by molar-refractivity contribution is 5.85. The lowest BCUT2D eigenvalue weighted by Gasteiger charge is -2.42. The van der Waals surface area contributed by atoms with Gasteiger partial charge in [-0.15, -0.1) is 18.8 Å². The number of halogens is 1. The van der Waals surface area contributed by atoms with Crippen LogP contribution in [0, 0.1) is 19.3 Å². The molecule has 2 aliphatic rings. The van der Waals surface area contributed by atoms with Crippen LogP contribution in [0.1, 0.15) is 36.5 Å². The largest absolute Gasteiger partial charge is 0.486 e. The third-order valence-corrected chi connectivity index (χ3v) is 6.34. The van der Waals surface area contributed by atoms with E-state index in [1.807, 2.05) is 12.1 Å². The second-order valence-electron chi connectivity index (χ2n) is 8.58. The number of fused-ring (bicyclic) bond motifs is 1. The first kappa shape index (κ1) is 23.5. The Bertz CT molecular complexity index is 916. The summed E-state index contributed by atoms with van der Waals surface area (Å²) in [4.78, 5) is 5.04. The van der Waals surface area contributed by atoms with Crippen molar-refractivity contribution in [2.45, 2.75) is 45.4 Å². The van der Waals surface area contributed by atoms with Gasteiger partial charge in [0.15, 0.2) is 0 Å². The molecular formula is C26H33ClN2O2. The molecule has 0 aliphatic carbocycles. The van der Waals surface area contributed by atoms with Crippen molar-refractivity contribution in [2.24, 2.45) is 0 Å². The molecule has 0 atom stereocenters. The molecule has 0 aromatic heterocycles. The molecule has 2 heterocycles. The Morgan fingerprint density at radius 1 is 1.13 bits per heavy atom. The van der Waals surface area contributed by atoms with Crippen LogP contribution in [0.2, 0.25) is 0 Å². The molecule has 0 saturated carbocycles. The van der Waals surface area contributed by atoms with Crippen LogP contribution in [0.4, 0.5) is 0 Å². The van der Waals surface area contributed by atoms with Crippen LogP contribution >= 0.6 is 12.4 Å². The average Bonchev–Trinajstić information content (AvgIpc) is 2.89. The van der Waals surface area contributed by atoms with E-state index in [9.17, 15) is 0 Å². The summed E-state index contributed by atoms with van der Waals surface area (Å²) in [6.07, 6.45) is 7.52. The average molecular weight is 441 g/mol. The second kappa shape index (κ2) is 10.4. The summed E-state index contributed by atoms with van der Waals surface area (Å²) in [5.41, 5.74) is 3.57. The standard InChI is InChI=1S/C26H32N2O2.ClH/c1-4-16-29-24-9-7-6-8-22(24)18-28-19-23-17-21(3)10-11-25(23)30-26(20-28)12-14-27(5-2)15-13-26;/h1,6-11,17H,5,12-16,18-20H2,2-3H3;1H. The molecule has 5 heteroatoms. The molecular weight excluding hydrogens is 408 g/mol. The number of likely N-dealkylation sites (tertiary alicyclic amines) is 1. The first-order valence-corrected chi connectivity index (χ1v) is 11.0. The summed E-state index contributed by atoms with van der Waals surface area (Å²) in [5.74, 6) is 4.49. The molecule has 166 valence electrons. The van der Waals surface area contributed by atoms with Gasteiger partial charge in [-0.3, -0.25) is 4.90 Å². The van der Waals surface area contributed by atoms with Gasteiger partial charge in [0.25, 0.3) is 0 Å². The minimum Gasteiger partial charge on any atom is -0.486 e. The zero-order valence-corrected chi connectivity index (χ0v) is 19.4. The Hall–Kier alpha value is -2.19. The number of benzene rings is 2. The predicted octanol–water partition coefficient (Wildman–Crippen LogP) is 4.68. The van der Waals surface area contributed by atoms with Crippen LogP contribution in [0.25, 0.3) is 0 Å². The normalized spacial score (nSPS) is 18.2. The minimum atomic E-state index is -0.138. The number of piperidine rings is 1. The first-order chi connectivity index (χ1) is 14.6. The van der Waals surface area contributed by atoms with Gasteiger partial charge in [-0.2, -0.15) is 0 Å². The van der Waals surface area contributed by atoms with E-state index < -0.39 is 0 Å². The maximum absolute atomic E-state index is 6.77. The minimum absolute atomic E-state index is 0. The summed E-state index contributed by atoms with van der Waals surface area (Å²) < 4.78 is 12.6. The van der Waals surface area contributed by atoms with Crippen LogP contribution in [0.5, 0.6) is 11.5 Å². The predicted molar refractivity (Wildman–Crippen MR) is 128 cm³/mol. The van der Waals surface area contributed by atoms with E-state index in [2.05, 4.69) is 59.9 Å². The Morgan fingerprint density at radius 2 is 1.90 bits per heavy atom. The van der Waals surface area contributed by atoms with Gasteiger partial charge in [-0.1, -0.05) is 48.7 Å². The molecule has 2 aromatic rings. The molecule has 0 N–H and O–H groups in total. The van der Waals surface area contributed by atoms with E-state index in [1.54, 1.807) is 0 Å². The molecule has 0 unspecified atom stereocenters. The van der Waals surface area contributed by atoms with Gasteiger partial charge in [0.2, 0.25) is 0 Å². The third kappa shape index (κ3) is 5.54. The van der Waals surface area contributed by atoms with Crippen molar-refractivity contribution in [3.63, 3.8) is 0 Å². The molecule has 0 amide bonds. The van der Waals surface area contributed by atoms with Crippen molar-refractivity contribution in [3.05, 3.63) is 59.2 Å². The van der Waals surface area contributed by atoms with E-state index in [0.717, 1.165) is 63.6 Å². The first-order valence-electron chi connectivity index (χ1n) is 11.0. The van der Waals surface area contributed by atoms with E-state index in [1.165, 1.54) is 16.7 Å². The van der Waals surface area contributed by atoms with Crippen LogP contribution in [0.15, 0.2) is 42.5 Å². The van der Waals surface area contributed by atoms with Gasteiger partial charge in [-0.25, -0.2) is 0 Å². The zero-order chi connectivity index (χ0) is 21.0. The number of rotatable bonds is 5. The van der Waals surface area contributed by atoms with Crippen molar-refractivity contribution >= 4 is 12.4 Å². The third-order valence-electron chi connectivity index (χ3n) is 6.34. The number of aryl methyl sites for hydroxylation is 1. The van der Waals surface area contributed by atoms with E-state index >= 15 is 0 Å². The highest BCUT2D eigenvalue weighted by Crippen LogP contribution is 2.37. The topological polar surface area (TPSA) is 24.9 Å². The van der Waals surface area contributed by atoms with Crippen LogP contribution in [0.3, 0.4) is 0 Å². The Balaban J connectivity index is 0.00000272. The van der Waals surface area contributed by atoms with Gasteiger partial charge in [0.1, 0.15) is 23.7 Å². The van der Waals surface area contributed by atoms with Crippen LogP contribution in [-0.2, 0) is 13.1 Å². The molecule has 0 bridgehead atoms. The van der Waals surface area contributed by atoms with Crippen molar-refractivity contribution in [1.82, 2.24) is 9.80 Å². The smallest absolute Gasteiger partial charge is 0.148 e. The van der Waals surface area contributed by atoms with E-state index in [-0.39, 0.29) is 18.0 Å². The van der Waals surface area contributed by atoms with Gasteiger partial charge < -0.3 is 14.4 Å². The van der Waals surface area contributed by atoms with Crippen molar-refractivity contribution < 1.29 is 9.47 Å². The fourth-order valence-electron chi connectivity index (χ4n) is 4.69. The summed E-state index contributed by atoms with van der Waals surface area (Å²) in [7, 11) is 0. The highest BCUT2D eigenvalue weighted by Gasteiger charge is 2.40. The fraction of sp³-hybridized carbons (Fsp3) is 0.462. The second-order valence-corrected chi connectivity index (χ2v) is 8.58. The van der Waals surface area contributed by atoms with Gasteiger partial charge in [-0.05, 0) is 25.6 Å². The molecule has 2 aromatic carbocycles. The van der Waals surface area contributed by atoms with Crippen molar-refractivity contribution in [1.29, 1.82) is 0 Å². The van der Waals surface area contributed by atoms with Gasteiger partial charge in [0, 0.05) is 56.7 Å². The lowest BCUT2D eigenvalue weighted by Crippen LogP contribution is -2.53. The Labute approximate surface area is 192 Å². The summed E-state index contributed by atoms with van der Waals surface area (Å²) >= 11 is 0. The number of nitrogens with zero attached hydrogens (tertiary/aromatic N) is 2. The number of ether oxygens (including phenoxy) is 2. The number of hydrogen-bond donors (Lipinski definition) is 0. The Morgan fingerprint density at radius 3 is 2.65 bits per heavy atom.